The molecule has 5 nitrogen and oxygen atoms in total. The normalized spacial score (nSPS) is 29.3. The van der Waals surface area contributed by atoms with Gasteiger partial charge in [-0.15, -0.1) is 0 Å². The molecule has 2 N–H and O–H groups in total. The Morgan fingerprint density at radius 2 is 2.33 bits per heavy atom. The standard InChI is InChI=1S/C16H24N2O3/c1-2-20-16(19)12-6-7-21-15(12)10-18-8-11-4-3-5-14(17)13(11)9-18/h6-7,11,13-14H,2-5,8-10,17H2,1H3. The molecule has 1 saturated carbocycles. The van der Waals surface area contributed by atoms with E-state index in [1.54, 1.807) is 12.3 Å². The third kappa shape index (κ3) is 2.99. The fourth-order valence-electron chi connectivity index (χ4n) is 3.79. The third-order valence-corrected chi connectivity index (χ3v) is 4.84. The van der Waals surface area contributed by atoms with Crippen molar-refractivity contribution >= 4 is 5.97 Å². The van der Waals surface area contributed by atoms with E-state index >= 15 is 0 Å². The number of hydrogen-bond acceptors (Lipinski definition) is 5. The second kappa shape index (κ2) is 6.20. The second-order valence-electron chi connectivity index (χ2n) is 6.19. The van der Waals surface area contributed by atoms with E-state index in [0.29, 0.717) is 42.4 Å². The van der Waals surface area contributed by atoms with E-state index in [0.717, 1.165) is 19.5 Å². The highest BCUT2D eigenvalue weighted by molar-refractivity contribution is 5.90. The maximum atomic E-state index is 11.9. The Kier molecular flexibility index (Phi) is 4.31. The van der Waals surface area contributed by atoms with Gasteiger partial charge in [-0.05, 0) is 37.7 Å². The average molecular weight is 292 g/mol. The predicted octanol–water partition coefficient (Wildman–Crippen LogP) is 2.02. The number of rotatable bonds is 4. The van der Waals surface area contributed by atoms with Gasteiger partial charge in [-0.2, -0.15) is 0 Å². The van der Waals surface area contributed by atoms with Gasteiger partial charge in [-0.25, -0.2) is 4.79 Å². The molecule has 116 valence electrons. The Balaban J connectivity index is 1.65. The molecule has 0 radical (unpaired) electrons. The van der Waals surface area contributed by atoms with E-state index in [4.69, 9.17) is 14.9 Å². The molecule has 1 aliphatic carbocycles. The fraction of sp³-hybridized carbons (Fsp3) is 0.688. The van der Waals surface area contributed by atoms with Crippen LogP contribution in [0.4, 0.5) is 0 Å². The van der Waals surface area contributed by atoms with Gasteiger partial charge >= 0.3 is 5.97 Å². The quantitative estimate of drug-likeness (QED) is 0.860. The maximum absolute atomic E-state index is 11.9. The number of hydrogen-bond donors (Lipinski definition) is 1. The summed E-state index contributed by atoms with van der Waals surface area (Å²) in [5, 5.41) is 0. The summed E-state index contributed by atoms with van der Waals surface area (Å²) in [5.74, 6) is 1.71. The minimum Gasteiger partial charge on any atom is -0.467 e. The number of nitrogens with two attached hydrogens (primary N) is 1. The molecule has 2 aliphatic rings. The molecular weight excluding hydrogens is 268 g/mol. The van der Waals surface area contributed by atoms with Crippen LogP contribution >= 0.6 is 0 Å². The van der Waals surface area contributed by atoms with Crippen molar-refractivity contribution in [2.24, 2.45) is 17.6 Å². The van der Waals surface area contributed by atoms with Crippen LogP contribution in [0.1, 0.15) is 42.3 Å². The summed E-state index contributed by atoms with van der Waals surface area (Å²) in [4.78, 5) is 14.2. The zero-order valence-electron chi connectivity index (χ0n) is 12.6. The van der Waals surface area contributed by atoms with Crippen molar-refractivity contribution in [3.63, 3.8) is 0 Å². The highest BCUT2D eigenvalue weighted by Crippen LogP contribution is 2.36. The molecule has 1 aliphatic heterocycles. The molecule has 2 fully saturated rings. The molecule has 5 heteroatoms. The first-order valence-electron chi connectivity index (χ1n) is 7.90. The van der Waals surface area contributed by atoms with Crippen LogP contribution in [-0.2, 0) is 11.3 Å². The molecule has 21 heavy (non-hydrogen) atoms. The summed E-state index contributed by atoms with van der Waals surface area (Å²) in [6, 6.07) is 2.03. The highest BCUT2D eigenvalue weighted by Gasteiger charge is 2.39. The van der Waals surface area contributed by atoms with Crippen LogP contribution in [0.15, 0.2) is 16.7 Å². The van der Waals surface area contributed by atoms with Gasteiger partial charge in [0.2, 0.25) is 0 Å². The lowest BCUT2D eigenvalue weighted by Gasteiger charge is -2.29. The van der Waals surface area contributed by atoms with Crippen molar-refractivity contribution in [3.8, 4) is 0 Å². The number of fused-ring (bicyclic) bond motifs is 1. The van der Waals surface area contributed by atoms with E-state index in [2.05, 4.69) is 4.90 Å². The monoisotopic (exact) mass is 292 g/mol. The average Bonchev–Trinajstić information content (AvgIpc) is 3.06. The van der Waals surface area contributed by atoms with Gasteiger partial charge in [-0.3, -0.25) is 4.90 Å². The van der Waals surface area contributed by atoms with Gasteiger partial charge in [0.25, 0.3) is 0 Å². The Morgan fingerprint density at radius 3 is 3.10 bits per heavy atom. The molecule has 1 aromatic heterocycles. The second-order valence-corrected chi connectivity index (χ2v) is 6.19. The lowest BCUT2D eigenvalue weighted by molar-refractivity contribution is 0.0522. The first-order chi connectivity index (χ1) is 10.2. The Hall–Kier alpha value is -1.33. The van der Waals surface area contributed by atoms with E-state index in [-0.39, 0.29) is 5.97 Å². The van der Waals surface area contributed by atoms with Crippen molar-refractivity contribution in [1.82, 2.24) is 4.90 Å². The summed E-state index contributed by atoms with van der Waals surface area (Å²) in [6.07, 6.45) is 5.23. The minimum absolute atomic E-state index is 0.297. The van der Waals surface area contributed by atoms with Gasteiger partial charge in [0.1, 0.15) is 11.3 Å². The van der Waals surface area contributed by atoms with Gasteiger partial charge in [0.15, 0.2) is 0 Å². The lowest BCUT2D eigenvalue weighted by Crippen LogP contribution is -2.38. The number of likely N-dealkylation sites (tertiary alicyclic amines) is 1. The SMILES string of the molecule is CCOC(=O)c1ccoc1CN1CC2CCCC(N)C2C1. The van der Waals surface area contributed by atoms with E-state index in [1.807, 2.05) is 6.92 Å². The predicted molar refractivity (Wildman–Crippen MR) is 78.7 cm³/mol. The van der Waals surface area contributed by atoms with Crippen molar-refractivity contribution in [1.29, 1.82) is 0 Å². The summed E-state index contributed by atoms with van der Waals surface area (Å²) < 4.78 is 10.6. The number of carbonyl (C=O) groups excluding carboxylic acids is 1. The zero-order valence-corrected chi connectivity index (χ0v) is 12.6. The Labute approximate surface area is 125 Å². The van der Waals surface area contributed by atoms with Crippen LogP contribution in [0.2, 0.25) is 0 Å². The van der Waals surface area contributed by atoms with Gasteiger partial charge in [0, 0.05) is 19.1 Å². The third-order valence-electron chi connectivity index (χ3n) is 4.84. The smallest absolute Gasteiger partial charge is 0.341 e. The molecule has 1 saturated heterocycles. The van der Waals surface area contributed by atoms with E-state index in [9.17, 15) is 4.79 Å². The van der Waals surface area contributed by atoms with E-state index < -0.39 is 0 Å². The molecule has 0 amide bonds. The molecular formula is C16H24N2O3. The molecule has 3 unspecified atom stereocenters. The summed E-state index contributed by atoms with van der Waals surface area (Å²) in [6.45, 7) is 4.92. The van der Waals surface area contributed by atoms with E-state index in [1.165, 1.54) is 12.8 Å². The summed E-state index contributed by atoms with van der Waals surface area (Å²) in [7, 11) is 0. The lowest BCUT2D eigenvalue weighted by atomic mass is 9.78. The molecule has 3 rings (SSSR count). The molecule has 1 aromatic rings. The number of furan rings is 1. The van der Waals surface area contributed by atoms with Crippen LogP contribution in [0.5, 0.6) is 0 Å². The van der Waals surface area contributed by atoms with Crippen LogP contribution in [0.25, 0.3) is 0 Å². The zero-order chi connectivity index (χ0) is 14.8. The maximum Gasteiger partial charge on any atom is 0.341 e. The highest BCUT2D eigenvalue weighted by atomic mass is 16.5. The summed E-state index contributed by atoms with van der Waals surface area (Å²) >= 11 is 0. The van der Waals surface area contributed by atoms with Gasteiger partial charge in [0.05, 0.1) is 19.4 Å². The largest absolute Gasteiger partial charge is 0.467 e. The molecule has 0 bridgehead atoms. The Morgan fingerprint density at radius 1 is 1.48 bits per heavy atom. The first kappa shape index (κ1) is 14.6. The van der Waals surface area contributed by atoms with Crippen LogP contribution < -0.4 is 5.73 Å². The first-order valence-corrected chi connectivity index (χ1v) is 7.90. The van der Waals surface area contributed by atoms with Crippen molar-refractivity contribution in [2.75, 3.05) is 19.7 Å². The van der Waals surface area contributed by atoms with Crippen LogP contribution in [-0.4, -0.2) is 36.6 Å². The number of ether oxygens (including phenoxy) is 1. The number of nitrogens with zero attached hydrogens (tertiary/aromatic N) is 1. The van der Waals surface area contributed by atoms with Crippen molar-refractivity contribution in [3.05, 3.63) is 23.7 Å². The number of esters is 1. The van der Waals surface area contributed by atoms with Gasteiger partial charge < -0.3 is 14.9 Å². The molecule has 2 heterocycles. The Bertz CT molecular complexity index is 499. The topological polar surface area (TPSA) is 68.7 Å². The number of carbonyl (C=O) groups is 1. The van der Waals surface area contributed by atoms with Crippen molar-refractivity contribution in [2.45, 2.75) is 38.8 Å². The summed E-state index contributed by atoms with van der Waals surface area (Å²) in [5.41, 5.74) is 6.80. The van der Waals surface area contributed by atoms with Crippen molar-refractivity contribution < 1.29 is 13.9 Å². The molecule has 0 aromatic carbocycles. The fourth-order valence-corrected chi connectivity index (χ4v) is 3.79. The molecule has 3 atom stereocenters. The minimum atomic E-state index is -0.297. The molecule has 0 spiro atoms. The van der Waals surface area contributed by atoms with Crippen LogP contribution in [0, 0.1) is 11.8 Å². The van der Waals surface area contributed by atoms with Gasteiger partial charge in [-0.1, -0.05) is 6.42 Å². The van der Waals surface area contributed by atoms with Crippen LogP contribution in [0.3, 0.4) is 0 Å².